The van der Waals surface area contributed by atoms with Crippen LogP contribution in [0.3, 0.4) is 0 Å². The summed E-state index contributed by atoms with van der Waals surface area (Å²) >= 11 is 0. The molecule has 5 amide bonds. The number of nitrogens with one attached hydrogen (secondary N) is 5. The molecule has 0 aromatic heterocycles. The van der Waals surface area contributed by atoms with E-state index in [-0.39, 0.29) is 0 Å². The highest BCUT2D eigenvalue weighted by Gasteiger charge is 2.64. The zero-order valence-corrected chi connectivity index (χ0v) is 79.3. The minimum absolute atomic E-state index is 0.826. The summed E-state index contributed by atoms with van der Waals surface area (Å²) in [6.45, 7) is -9.77. The SMILES string of the molecule is CC(=O)N[C@H]1[C@H](O[C@H]2[C@@H](O)[C@@H](CO)O[C@@H](O[C@H]3[C@H](O)[C@@H](NC(C)=O)[C@H](O[C@@H]4[C@@H](O[C@@H]5[C@H](O)[C@H](O[C@H]6[C@H](O)[C@@H](NC(C)=O)C(O)O[C@@H]6CO)O[C@H](CO[C@H]6O[C@H](CO)[C@@H](O)[C@H](O)[C@@H]6O[C@@H]6O[C@H](CO)[C@@H](O[C@@H]7O[C@H](CO)[C@H](O)[C@H](O)[C@H]7O)[C@H](O)[C@H]6NC(C)=O)[C@H]5O)O[C@H](CO)[C@@H](O[C@@H]5O[C@H](CO)[C@@H](O[C@@H]6O[C@H](CO)[C@H](O)[C@H](O)[C@H]6O)[C@H](O)[C@H]5NC(C)=O)[C@@H]4O)O[C@@H]3CO)[C@@H]2O)O[C@H](CO)[C@@H](O[C@@H]2O[C@H](CO)[C@H](O)[C@H](O)[C@H]2O)[C@@H]1O. The smallest absolute Gasteiger partial charge is 0.217 e. The zero-order valence-electron chi connectivity index (χ0n) is 79.3. The molecular weight excluding hydrogens is 2030 g/mol. The highest BCUT2D eigenvalue weighted by Crippen LogP contribution is 2.43. The van der Waals surface area contributed by atoms with Gasteiger partial charge in [-0.05, 0) is 0 Å². The molecule has 12 heterocycles. The second-order valence-electron chi connectivity index (χ2n) is 37.3. The molecule has 12 saturated heterocycles. The van der Waals surface area contributed by atoms with Gasteiger partial charge in [0, 0.05) is 34.6 Å². The van der Waals surface area contributed by atoms with Crippen molar-refractivity contribution in [2.45, 2.75) is 403 Å². The maximum absolute atomic E-state index is 13.7. The first-order chi connectivity index (χ1) is 70.1. The van der Waals surface area contributed by atoms with Crippen LogP contribution in [-0.2, 0) is 133 Å². The summed E-state index contributed by atoms with van der Waals surface area (Å²) in [7, 11) is 0. The number of carbonyl (C=O) groups is 5. The van der Waals surface area contributed by atoms with Gasteiger partial charge in [0.1, 0.15) is 293 Å². The molecule has 66 heteroatoms. The lowest BCUT2D eigenvalue weighted by atomic mass is 9.93. The maximum atomic E-state index is 13.7. The van der Waals surface area contributed by atoms with E-state index in [0.29, 0.717) is 0 Å². The highest BCUT2D eigenvalue weighted by molar-refractivity contribution is 5.75. The fourth-order valence-corrected chi connectivity index (χ4v) is 19.3. The van der Waals surface area contributed by atoms with Crippen LogP contribution in [0.2, 0.25) is 0 Å². The van der Waals surface area contributed by atoms with Crippen LogP contribution in [0.1, 0.15) is 34.6 Å². The van der Waals surface area contributed by atoms with Crippen LogP contribution in [0.15, 0.2) is 0 Å². The monoisotopic (exact) mass is 2170 g/mol. The third-order valence-corrected chi connectivity index (χ3v) is 27.1. The first-order valence-electron chi connectivity index (χ1n) is 47.2. The van der Waals surface area contributed by atoms with Gasteiger partial charge in [0.2, 0.25) is 29.5 Å². The Morgan fingerprint density at radius 3 is 0.669 bits per heavy atom. The van der Waals surface area contributed by atoms with E-state index >= 15 is 0 Å². The number of carbonyl (C=O) groups excluding carboxylic acids is 5. The van der Waals surface area contributed by atoms with Gasteiger partial charge in [-0.3, -0.25) is 24.0 Å². The van der Waals surface area contributed by atoms with Crippen molar-refractivity contribution < 1.29 is 301 Å². The first kappa shape index (κ1) is 122. The molecule has 148 heavy (non-hydrogen) atoms. The van der Waals surface area contributed by atoms with Gasteiger partial charge in [-0.2, -0.15) is 0 Å². The van der Waals surface area contributed by atoms with Crippen LogP contribution in [0.25, 0.3) is 0 Å². The van der Waals surface area contributed by atoms with Crippen LogP contribution in [0, 0.1) is 0 Å². The molecular formula is C82H137N5O61. The van der Waals surface area contributed by atoms with Crippen LogP contribution in [0.4, 0.5) is 0 Å². The lowest BCUT2D eigenvalue weighted by molar-refractivity contribution is -0.407. The van der Waals surface area contributed by atoms with Crippen molar-refractivity contribution in [3.63, 3.8) is 0 Å². The average Bonchev–Trinajstić information content (AvgIpc) is 0.759. The van der Waals surface area contributed by atoms with E-state index in [1.807, 2.05) is 0 Å². The Labute approximate surface area is 837 Å². The summed E-state index contributed by atoms with van der Waals surface area (Å²) in [4.78, 5) is 65.5. The lowest BCUT2D eigenvalue weighted by Crippen LogP contribution is -2.71. The number of aliphatic hydroxyl groups is 33. The molecule has 0 saturated carbocycles. The summed E-state index contributed by atoms with van der Waals surface area (Å²) < 4.78 is 138. The lowest BCUT2D eigenvalue weighted by Gasteiger charge is -2.52. The first-order valence-corrected chi connectivity index (χ1v) is 47.2. The minimum Gasteiger partial charge on any atom is -0.394 e. The molecule has 0 spiro atoms. The normalized spacial score (nSPS) is 49.3. The summed E-state index contributed by atoms with van der Waals surface area (Å²) in [6, 6.07) is -10.1. The van der Waals surface area contributed by atoms with Gasteiger partial charge < -0.3 is 304 Å². The number of hydrogen-bond donors (Lipinski definition) is 38. The van der Waals surface area contributed by atoms with E-state index in [1.165, 1.54) is 0 Å². The zero-order chi connectivity index (χ0) is 109. The maximum Gasteiger partial charge on any atom is 0.217 e. The van der Waals surface area contributed by atoms with Gasteiger partial charge in [-0.1, -0.05) is 0 Å². The largest absolute Gasteiger partial charge is 0.394 e. The second-order valence-corrected chi connectivity index (χ2v) is 37.3. The Morgan fingerprint density at radius 2 is 0.372 bits per heavy atom. The average molecular weight is 2170 g/mol. The molecule has 12 rings (SSSR count). The van der Waals surface area contributed by atoms with Crippen molar-refractivity contribution in [1.82, 2.24) is 26.6 Å². The van der Waals surface area contributed by atoms with Crippen molar-refractivity contribution in [2.75, 3.05) is 79.3 Å². The van der Waals surface area contributed by atoms with Crippen molar-refractivity contribution in [3.8, 4) is 0 Å². The van der Waals surface area contributed by atoms with Gasteiger partial charge in [0.05, 0.1) is 79.3 Å². The van der Waals surface area contributed by atoms with E-state index in [4.69, 9.17) is 109 Å². The predicted molar refractivity (Wildman–Crippen MR) is 453 cm³/mol. The molecule has 12 fully saturated rings. The Morgan fingerprint density at radius 1 is 0.176 bits per heavy atom. The Balaban J connectivity index is 0.893. The third kappa shape index (κ3) is 26.7. The fourth-order valence-electron chi connectivity index (χ4n) is 19.3. The number of ether oxygens (including phenoxy) is 23. The van der Waals surface area contributed by atoms with E-state index in [1.54, 1.807) is 0 Å². The van der Waals surface area contributed by atoms with Crippen molar-refractivity contribution >= 4 is 29.5 Å². The summed E-state index contributed by atoms with van der Waals surface area (Å²) in [5, 5.41) is 384. The number of rotatable bonds is 39. The van der Waals surface area contributed by atoms with E-state index < -0.39 is 477 Å². The number of amides is 5. The Bertz CT molecular complexity index is 4130. The molecule has 0 aromatic rings. The molecule has 0 radical (unpaired) electrons. The van der Waals surface area contributed by atoms with Crippen molar-refractivity contribution in [3.05, 3.63) is 0 Å². The van der Waals surface area contributed by atoms with E-state index in [2.05, 4.69) is 26.6 Å². The summed E-state index contributed by atoms with van der Waals surface area (Å²) in [6.07, 6.45) is -121. The molecule has 1 unspecified atom stereocenters. The molecule has 60 atom stereocenters. The molecule has 0 bridgehead atoms. The molecule has 66 nitrogen and oxygen atoms in total. The third-order valence-electron chi connectivity index (χ3n) is 27.1. The predicted octanol–water partition coefficient (Wildman–Crippen LogP) is -26.4. The van der Waals surface area contributed by atoms with Crippen LogP contribution in [-0.4, -0.2) is 645 Å². The van der Waals surface area contributed by atoms with Crippen molar-refractivity contribution in [2.24, 2.45) is 0 Å². The molecule has 0 aliphatic carbocycles. The second kappa shape index (κ2) is 53.4. The van der Waals surface area contributed by atoms with Crippen molar-refractivity contribution in [1.29, 1.82) is 0 Å². The van der Waals surface area contributed by atoms with Crippen LogP contribution < -0.4 is 26.6 Å². The van der Waals surface area contributed by atoms with E-state index in [0.717, 1.165) is 34.6 Å². The minimum atomic E-state index is -2.74. The fraction of sp³-hybridized carbons (Fsp3) is 0.939. The standard InChI is InChI=1S/C82H137N5O61/c1-18(99)83-35-46(110)61(28(11-93)127-71(35)125)143-80-60(124)68(45(109)34(138-80)17-126-81-69(54(118)43(107)26(9-91)132-81)147-74-38(86-21(4)102)49(113)64(31(14-96)135-74)142-78-57(121)53(117)42(106)25(8-90)130-78)146-82-70(58(122)66(33(16-98)137-82)139-72-36(84-19(2)100)47(111)62(29(12-94)133-72)140-76-55(119)51(115)40(104)23(6-88)128-76)148-75-39(87-22(5)103)50(114)65(32(15-97)136-75)144-79-59(123)67(44(108)27(10-92)131-79)145-73-37(85-20(3)101)48(112)63(30(13-95)134-73)141-77-56(120)52(116)41(105)24(7-89)129-77/h23-82,88-98,104-125H,6-17H2,1-5H3,(H,83,99)(H,84,100)(H,85,101)(H,86,102)(H,87,103)/t23-,24-,25-,26-,27-,28-,29-,30-,31-,32-,33-,34-,35-,36-,37-,38-,39-,40+,41+,42+,43-,44+,45-,46-,47-,48-,49-,50-,51+,52+,53+,54+,55-,56-,57-,58+,59-,60+,61-,62-,63-,64-,65-,66-,67+,68+,69+,70+,71?,72+,73+,74+,75+,76+,77+,78+,79+,80+,81+,82-/m1/s1. The van der Waals surface area contributed by atoms with Gasteiger partial charge in [0.15, 0.2) is 75.5 Å². The van der Waals surface area contributed by atoms with Crippen LogP contribution in [0.5, 0.6) is 0 Å². The number of aliphatic hydroxyl groups excluding tert-OH is 33. The Kier molecular flexibility index (Phi) is 43.9. The summed E-state index contributed by atoms with van der Waals surface area (Å²) in [5.41, 5.74) is 0. The van der Waals surface area contributed by atoms with Gasteiger partial charge >= 0.3 is 0 Å². The van der Waals surface area contributed by atoms with Gasteiger partial charge in [0.25, 0.3) is 0 Å². The molecule has 12 aliphatic rings. The Hall–Kier alpha value is -4.89. The molecule has 38 N–H and O–H groups in total. The van der Waals surface area contributed by atoms with E-state index in [9.17, 15) is 192 Å². The number of hydrogen-bond acceptors (Lipinski definition) is 61. The quantitative estimate of drug-likeness (QED) is 0.0272. The molecule has 856 valence electrons. The molecule has 12 aliphatic heterocycles. The topological polar surface area (TPSA) is 1030 Å². The van der Waals surface area contributed by atoms with Crippen LogP contribution >= 0.6 is 0 Å². The highest BCUT2D eigenvalue weighted by atomic mass is 16.8. The van der Waals surface area contributed by atoms with Gasteiger partial charge in [-0.25, -0.2) is 0 Å². The van der Waals surface area contributed by atoms with Gasteiger partial charge in [-0.15, -0.1) is 0 Å². The molecule has 0 aromatic carbocycles. The summed E-state index contributed by atoms with van der Waals surface area (Å²) in [5.74, 6) is -5.04.